The molecule has 9 nitrogen and oxygen atoms in total. The second-order valence-electron chi connectivity index (χ2n) is 9.41. The fourth-order valence-electron chi connectivity index (χ4n) is 3.81. The average molecular weight is 424 g/mol. The van der Waals surface area contributed by atoms with Gasteiger partial charge in [0.2, 0.25) is 5.91 Å². The standard InChI is InChI=1S/C21H37N5O4/c1-5-8-25-9-6-21(16-22,7-10-25)24-18(27)17(15-20(2,3)4)23-19(28)30-26-11-13-29-14-12-26/h17H,5-15H2,1-4H3,(H,23,28)(H,24,27). The van der Waals surface area contributed by atoms with Crippen molar-refractivity contribution in [3.05, 3.63) is 0 Å². The summed E-state index contributed by atoms with van der Waals surface area (Å²) in [4.78, 5) is 33.1. The number of carbonyl (C=O) groups excluding carboxylic acids is 2. The Bertz CT molecular complexity index is 614. The number of nitrogens with zero attached hydrogens (tertiary/aromatic N) is 3. The molecule has 2 saturated heterocycles. The molecule has 9 heteroatoms. The highest BCUT2D eigenvalue weighted by Crippen LogP contribution is 2.25. The minimum atomic E-state index is -0.896. The molecule has 2 heterocycles. The SMILES string of the molecule is CCCN1CCC(C#N)(NC(=O)C(CC(C)(C)C)NC(=O)ON2CCOCC2)CC1. The van der Waals surface area contributed by atoms with Gasteiger partial charge in [-0.2, -0.15) is 5.26 Å². The van der Waals surface area contributed by atoms with Crippen molar-refractivity contribution < 1.29 is 19.2 Å². The number of likely N-dealkylation sites (tertiary alicyclic amines) is 1. The molecule has 0 aromatic carbocycles. The van der Waals surface area contributed by atoms with E-state index in [0.29, 0.717) is 45.6 Å². The summed E-state index contributed by atoms with van der Waals surface area (Å²) >= 11 is 0. The maximum Gasteiger partial charge on any atom is 0.426 e. The highest BCUT2D eigenvalue weighted by atomic mass is 16.7. The molecule has 2 N–H and O–H groups in total. The van der Waals surface area contributed by atoms with Crippen molar-refractivity contribution in [2.75, 3.05) is 45.9 Å². The van der Waals surface area contributed by atoms with Crippen molar-refractivity contribution in [1.29, 1.82) is 5.26 Å². The van der Waals surface area contributed by atoms with Gasteiger partial charge < -0.3 is 25.1 Å². The number of hydrogen-bond donors (Lipinski definition) is 2. The molecule has 2 aliphatic heterocycles. The van der Waals surface area contributed by atoms with Crippen molar-refractivity contribution in [1.82, 2.24) is 20.6 Å². The first kappa shape index (κ1) is 24.4. The van der Waals surface area contributed by atoms with E-state index in [1.165, 1.54) is 5.06 Å². The summed E-state index contributed by atoms with van der Waals surface area (Å²) in [7, 11) is 0. The van der Waals surface area contributed by atoms with Gasteiger partial charge >= 0.3 is 6.09 Å². The van der Waals surface area contributed by atoms with Gasteiger partial charge in [-0.1, -0.05) is 27.7 Å². The van der Waals surface area contributed by atoms with Crippen LogP contribution < -0.4 is 10.6 Å². The molecule has 170 valence electrons. The van der Waals surface area contributed by atoms with Crippen LogP contribution in [0.15, 0.2) is 0 Å². The molecule has 2 rings (SSSR count). The van der Waals surface area contributed by atoms with Crippen LogP contribution >= 0.6 is 0 Å². The van der Waals surface area contributed by atoms with Crippen LogP contribution in [-0.4, -0.2) is 79.5 Å². The molecule has 1 unspecified atom stereocenters. The van der Waals surface area contributed by atoms with E-state index in [1.54, 1.807) is 0 Å². The van der Waals surface area contributed by atoms with Gasteiger partial charge in [0.05, 0.1) is 32.4 Å². The highest BCUT2D eigenvalue weighted by molar-refractivity contribution is 5.86. The first-order chi connectivity index (χ1) is 14.2. The first-order valence-corrected chi connectivity index (χ1v) is 10.9. The minimum absolute atomic E-state index is 0.196. The lowest BCUT2D eigenvalue weighted by Gasteiger charge is -2.38. The minimum Gasteiger partial charge on any atom is -0.379 e. The lowest BCUT2D eigenvalue weighted by molar-refractivity contribution is -0.148. The number of piperidine rings is 1. The predicted octanol–water partition coefficient (Wildman–Crippen LogP) is 1.65. The predicted molar refractivity (Wildman–Crippen MR) is 112 cm³/mol. The molecule has 0 saturated carbocycles. The number of nitrogens with one attached hydrogen (secondary N) is 2. The van der Waals surface area contributed by atoms with E-state index in [9.17, 15) is 14.9 Å². The quantitative estimate of drug-likeness (QED) is 0.641. The van der Waals surface area contributed by atoms with E-state index in [2.05, 4.69) is 28.5 Å². The molecule has 0 aromatic heterocycles. The molecule has 2 aliphatic rings. The molecule has 0 spiro atoms. The van der Waals surface area contributed by atoms with E-state index >= 15 is 0 Å². The van der Waals surface area contributed by atoms with E-state index in [-0.39, 0.29) is 11.3 Å². The van der Waals surface area contributed by atoms with E-state index in [1.807, 2.05) is 20.8 Å². The summed E-state index contributed by atoms with van der Waals surface area (Å²) in [5.74, 6) is -0.339. The molecule has 2 amide bonds. The Morgan fingerprint density at radius 1 is 1.20 bits per heavy atom. The molecule has 0 bridgehead atoms. The van der Waals surface area contributed by atoms with Crippen LogP contribution in [0.1, 0.15) is 53.4 Å². The molecule has 0 aromatic rings. The number of nitriles is 1. The number of amides is 2. The zero-order valence-electron chi connectivity index (χ0n) is 18.8. The zero-order chi connectivity index (χ0) is 22.2. The van der Waals surface area contributed by atoms with Crippen molar-refractivity contribution >= 4 is 12.0 Å². The van der Waals surface area contributed by atoms with Crippen molar-refractivity contribution in [3.63, 3.8) is 0 Å². The Kier molecular flexibility index (Phi) is 8.89. The van der Waals surface area contributed by atoms with Crippen LogP contribution in [0.2, 0.25) is 0 Å². The van der Waals surface area contributed by atoms with E-state index < -0.39 is 17.7 Å². The lowest BCUT2D eigenvalue weighted by Crippen LogP contribution is -2.59. The van der Waals surface area contributed by atoms with Gasteiger partial charge in [0, 0.05) is 13.1 Å². The number of hydrogen-bond acceptors (Lipinski definition) is 7. The van der Waals surface area contributed by atoms with Crippen molar-refractivity contribution in [2.24, 2.45) is 5.41 Å². The summed E-state index contributed by atoms with van der Waals surface area (Å²) in [6, 6.07) is 1.54. The Labute approximate surface area is 180 Å². The van der Waals surface area contributed by atoms with Gasteiger partial charge in [0.1, 0.15) is 11.6 Å². The van der Waals surface area contributed by atoms with Gasteiger partial charge in [0.15, 0.2) is 0 Å². The third-order valence-corrected chi connectivity index (χ3v) is 5.43. The third kappa shape index (κ3) is 7.74. The van der Waals surface area contributed by atoms with Gasteiger partial charge in [-0.05, 0) is 37.6 Å². The van der Waals surface area contributed by atoms with Crippen LogP contribution in [0, 0.1) is 16.7 Å². The average Bonchev–Trinajstić information content (AvgIpc) is 2.69. The first-order valence-electron chi connectivity index (χ1n) is 10.9. The van der Waals surface area contributed by atoms with Gasteiger partial charge in [-0.15, -0.1) is 5.06 Å². The molecule has 0 radical (unpaired) electrons. The smallest absolute Gasteiger partial charge is 0.379 e. The van der Waals surface area contributed by atoms with Crippen LogP contribution in [-0.2, 0) is 14.4 Å². The van der Waals surface area contributed by atoms with Gasteiger partial charge in [0.25, 0.3) is 0 Å². The van der Waals surface area contributed by atoms with Crippen LogP contribution in [0.5, 0.6) is 0 Å². The summed E-state index contributed by atoms with van der Waals surface area (Å²) in [6.45, 7) is 12.7. The number of carbonyl (C=O) groups is 2. The largest absolute Gasteiger partial charge is 0.426 e. The summed E-state index contributed by atoms with van der Waals surface area (Å²) < 4.78 is 5.25. The topological polar surface area (TPSA) is 107 Å². The highest BCUT2D eigenvalue weighted by Gasteiger charge is 2.39. The second-order valence-corrected chi connectivity index (χ2v) is 9.41. The zero-order valence-corrected chi connectivity index (χ0v) is 18.8. The number of hydroxylamine groups is 2. The fraction of sp³-hybridized carbons (Fsp3) is 0.857. The Hall–Kier alpha value is -1.89. The van der Waals surface area contributed by atoms with Gasteiger partial charge in [-0.25, -0.2) is 4.79 Å². The number of ether oxygens (including phenoxy) is 1. The Morgan fingerprint density at radius 2 is 1.83 bits per heavy atom. The fourth-order valence-corrected chi connectivity index (χ4v) is 3.81. The van der Waals surface area contributed by atoms with E-state index in [0.717, 1.165) is 26.1 Å². The summed E-state index contributed by atoms with van der Waals surface area (Å²) in [5.41, 5.74) is -1.09. The lowest BCUT2D eigenvalue weighted by atomic mass is 9.85. The number of rotatable bonds is 7. The molecule has 30 heavy (non-hydrogen) atoms. The normalized spacial score (nSPS) is 21.3. The second kappa shape index (κ2) is 10.9. The monoisotopic (exact) mass is 423 g/mol. The maximum atomic E-state index is 13.1. The summed E-state index contributed by atoms with van der Waals surface area (Å²) in [5, 5.41) is 17.0. The van der Waals surface area contributed by atoms with E-state index in [4.69, 9.17) is 9.57 Å². The molecular weight excluding hydrogens is 386 g/mol. The molecule has 0 aliphatic carbocycles. The van der Waals surface area contributed by atoms with Crippen molar-refractivity contribution in [3.8, 4) is 6.07 Å². The van der Waals surface area contributed by atoms with Crippen LogP contribution in [0.3, 0.4) is 0 Å². The Balaban J connectivity index is 1.99. The van der Waals surface area contributed by atoms with Crippen LogP contribution in [0.25, 0.3) is 0 Å². The van der Waals surface area contributed by atoms with Crippen molar-refractivity contribution in [2.45, 2.75) is 65.0 Å². The third-order valence-electron chi connectivity index (χ3n) is 5.43. The molecule has 2 fully saturated rings. The Morgan fingerprint density at radius 3 is 2.37 bits per heavy atom. The summed E-state index contributed by atoms with van der Waals surface area (Å²) in [6.07, 6.45) is 1.99. The van der Waals surface area contributed by atoms with Gasteiger partial charge in [-0.3, -0.25) is 4.79 Å². The molecular formula is C21H37N5O4. The molecule has 1 atom stereocenters. The maximum absolute atomic E-state index is 13.1. The number of morpholine rings is 1. The van der Waals surface area contributed by atoms with Crippen LogP contribution in [0.4, 0.5) is 4.79 Å².